The number of rotatable bonds is 7. The Labute approximate surface area is 173 Å². The van der Waals surface area contributed by atoms with E-state index in [4.69, 9.17) is 0 Å². The third kappa shape index (κ3) is 5.48. The van der Waals surface area contributed by atoms with Crippen molar-refractivity contribution in [3.8, 4) is 5.88 Å². The molecule has 11 heteroatoms. The molecule has 2 heterocycles. The lowest BCUT2D eigenvalue weighted by atomic mass is 10.2. The van der Waals surface area contributed by atoms with Crippen LogP contribution in [0.4, 0.5) is 11.4 Å². The summed E-state index contributed by atoms with van der Waals surface area (Å²) in [5, 5.41) is 17.8. The van der Waals surface area contributed by atoms with Crippen molar-refractivity contribution in [1.82, 2.24) is 10.3 Å². The number of benzene rings is 1. The minimum Gasteiger partial charge on any atom is -0.494 e. The van der Waals surface area contributed by atoms with Gasteiger partial charge < -0.3 is 21.1 Å². The number of aromatic amines is 1. The molecule has 0 radical (unpaired) electrons. The molecule has 9 nitrogen and oxygen atoms in total. The molecule has 2 aromatic rings. The molecule has 1 aromatic heterocycles. The van der Waals surface area contributed by atoms with Gasteiger partial charge in [0.2, 0.25) is 23.6 Å². The second-order valence-electron chi connectivity index (χ2n) is 6.16. The van der Waals surface area contributed by atoms with E-state index in [1.165, 1.54) is 11.8 Å². The van der Waals surface area contributed by atoms with Gasteiger partial charge in [-0.2, -0.15) is 0 Å². The summed E-state index contributed by atoms with van der Waals surface area (Å²) in [5.41, 5.74) is 0.792. The Kier molecular flexibility index (Phi) is 6.39. The van der Waals surface area contributed by atoms with E-state index in [1.54, 1.807) is 24.3 Å². The topological polar surface area (TPSA) is 140 Å². The molecule has 1 unspecified atom stereocenters. The van der Waals surface area contributed by atoms with Crippen molar-refractivity contribution in [3.05, 3.63) is 50.4 Å². The van der Waals surface area contributed by atoms with Gasteiger partial charge in [-0.1, -0.05) is 41.8 Å². The van der Waals surface area contributed by atoms with Crippen molar-refractivity contribution in [3.63, 3.8) is 0 Å². The minimum atomic E-state index is -0.449. The van der Waals surface area contributed by atoms with Crippen LogP contribution in [0.1, 0.15) is 17.7 Å². The molecular formula is C18H18N4O5S2. The Bertz CT molecular complexity index is 1030. The maximum Gasteiger partial charge on any atom is 0.307 e. The van der Waals surface area contributed by atoms with Crippen molar-refractivity contribution < 1.29 is 19.5 Å². The molecule has 0 aliphatic carbocycles. The van der Waals surface area contributed by atoms with Crippen LogP contribution in [-0.4, -0.2) is 33.1 Å². The summed E-state index contributed by atoms with van der Waals surface area (Å²) >= 11 is 2.06. The number of aromatic nitrogens is 1. The molecule has 0 bridgehead atoms. The van der Waals surface area contributed by atoms with Crippen LogP contribution in [0.5, 0.6) is 5.88 Å². The predicted octanol–water partition coefficient (Wildman–Crippen LogP) is 1.74. The number of amides is 3. The quantitative estimate of drug-likeness (QED) is 0.450. The highest BCUT2D eigenvalue weighted by atomic mass is 32.2. The first-order chi connectivity index (χ1) is 13.8. The van der Waals surface area contributed by atoms with Gasteiger partial charge in [0.25, 0.3) is 0 Å². The summed E-state index contributed by atoms with van der Waals surface area (Å²) in [6.07, 6.45) is 0.308. The van der Waals surface area contributed by atoms with E-state index in [-0.39, 0.29) is 40.7 Å². The fourth-order valence-corrected chi connectivity index (χ4v) is 4.28. The fourth-order valence-electron chi connectivity index (χ4n) is 2.65. The third-order valence-corrected chi connectivity index (χ3v) is 5.96. The average molecular weight is 434 g/mol. The second kappa shape index (κ2) is 8.97. The van der Waals surface area contributed by atoms with Gasteiger partial charge in [0, 0.05) is 6.42 Å². The molecule has 0 spiro atoms. The van der Waals surface area contributed by atoms with E-state index in [9.17, 15) is 24.3 Å². The van der Waals surface area contributed by atoms with Crippen LogP contribution < -0.4 is 20.8 Å². The summed E-state index contributed by atoms with van der Waals surface area (Å²) in [4.78, 5) is 49.4. The van der Waals surface area contributed by atoms with Gasteiger partial charge in [-0.3, -0.25) is 24.2 Å². The van der Waals surface area contributed by atoms with Crippen LogP contribution in [0.15, 0.2) is 40.7 Å². The zero-order chi connectivity index (χ0) is 21.0. The lowest BCUT2D eigenvalue weighted by Crippen LogP contribution is -2.23. The number of hydrogen-bond donors (Lipinski definition) is 5. The third-order valence-electron chi connectivity index (χ3n) is 3.97. The van der Waals surface area contributed by atoms with Gasteiger partial charge in [0.1, 0.15) is 0 Å². The molecule has 29 heavy (non-hydrogen) atoms. The second-order valence-corrected chi connectivity index (χ2v) is 8.53. The van der Waals surface area contributed by atoms with Crippen LogP contribution in [0.3, 0.4) is 0 Å². The Balaban J connectivity index is 1.58. The van der Waals surface area contributed by atoms with E-state index in [0.29, 0.717) is 22.8 Å². The van der Waals surface area contributed by atoms with Crippen molar-refractivity contribution in [2.24, 2.45) is 0 Å². The molecule has 1 aromatic carbocycles. The first-order valence-electron chi connectivity index (χ1n) is 8.58. The van der Waals surface area contributed by atoms with Crippen molar-refractivity contribution >= 4 is 52.2 Å². The highest BCUT2D eigenvalue weighted by Crippen LogP contribution is 2.29. The summed E-state index contributed by atoms with van der Waals surface area (Å²) in [6, 6.07) is 6.66. The minimum absolute atomic E-state index is 0.131. The van der Waals surface area contributed by atoms with Gasteiger partial charge in [-0.05, 0) is 18.6 Å². The van der Waals surface area contributed by atoms with Gasteiger partial charge in [0.15, 0.2) is 0 Å². The first kappa shape index (κ1) is 20.7. The number of carbonyl (C=O) groups is 3. The molecule has 1 aliphatic rings. The first-order valence-corrected chi connectivity index (χ1v) is 10.3. The molecule has 1 atom stereocenters. The van der Waals surface area contributed by atoms with E-state index in [1.807, 2.05) is 0 Å². The van der Waals surface area contributed by atoms with Crippen LogP contribution >= 0.6 is 23.1 Å². The number of anilines is 2. The number of nitrogens with one attached hydrogen (secondary N) is 4. The zero-order valence-electron chi connectivity index (χ0n) is 15.1. The van der Waals surface area contributed by atoms with Crippen molar-refractivity contribution in [2.45, 2.75) is 24.5 Å². The standard InChI is InChI=1S/C18H18N4O5S2/c1-9-19-16(25)12(28-9)6-7-14(23)20-10-4-2-3-5-11(10)21-15(24)8-13-17(26)22-18(27)29-13/h2-5,12,26H,1,6-8H2,(H,19,25)(H,20,23)(H,21,24)(H,22,27). The van der Waals surface area contributed by atoms with Crippen LogP contribution in [-0.2, 0) is 20.8 Å². The Hall–Kier alpha value is -3.05. The summed E-state index contributed by atoms with van der Waals surface area (Å²) in [5.74, 6) is -1.22. The predicted molar refractivity (Wildman–Crippen MR) is 112 cm³/mol. The highest BCUT2D eigenvalue weighted by molar-refractivity contribution is 8.04. The summed E-state index contributed by atoms with van der Waals surface area (Å²) < 4.78 is 0. The number of aromatic hydroxyl groups is 1. The van der Waals surface area contributed by atoms with E-state index < -0.39 is 10.8 Å². The van der Waals surface area contributed by atoms with E-state index in [0.717, 1.165) is 11.3 Å². The van der Waals surface area contributed by atoms with Crippen molar-refractivity contribution in [1.29, 1.82) is 0 Å². The zero-order valence-corrected chi connectivity index (χ0v) is 16.7. The molecule has 1 saturated heterocycles. The summed E-state index contributed by atoms with van der Waals surface area (Å²) in [7, 11) is 0. The number of H-pyrrole nitrogens is 1. The molecule has 3 rings (SSSR count). The number of carbonyl (C=O) groups excluding carboxylic acids is 3. The lowest BCUT2D eigenvalue weighted by Gasteiger charge is -2.12. The molecule has 1 fully saturated rings. The lowest BCUT2D eigenvalue weighted by molar-refractivity contribution is -0.119. The smallest absolute Gasteiger partial charge is 0.307 e. The van der Waals surface area contributed by atoms with Crippen LogP contribution in [0.25, 0.3) is 0 Å². The van der Waals surface area contributed by atoms with E-state index >= 15 is 0 Å². The Morgan fingerprint density at radius 3 is 2.34 bits per heavy atom. The maximum absolute atomic E-state index is 12.3. The molecule has 5 N–H and O–H groups in total. The van der Waals surface area contributed by atoms with Gasteiger partial charge in [-0.25, -0.2) is 0 Å². The largest absolute Gasteiger partial charge is 0.494 e. The Morgan fingerprint density at radius 1 is 1.14 bits per heavy atom. The average Bonchev–Trinajstić information content (AvgIpc) is 3.14. The maximum atomic E-state index is 12.3. The molecular weight excluding hydrogens is 416 g/mol. The summed E-state index contributed by atoms with van der Waals surface area (Å²) in [6.45, 7) is 3.68. The van der Waals surface area contributed by atoms with Crippen LogP contribution in [0.2, 0.25) is 0 Å². The number of thioether (sulfide) groups is 1. The monoisotopic (exact) mass is 434 g/mol. The van der Waals surface area contributed by atoms with Gasteiger partial charge >= 0.3 is 4.87 Å². The SMILES string of the molecule is C=C1NC(=O)C(CCC(=O)Nc2ccccc2NC(=O)Cc2sc(=O)[nH]c2O)S1. The molecule has 0 saturated carbocycles. The Morgan fingerprint density at radius 2 is 1.79 bits per heavy atom. The highest BCUT2D eigenvalue weighted by Gasteiger charge is 2.28. The van der Waals surface area contributed by atoms with Crippen molar-refractivity contribution in [2.75, 3.05) is 10.6 Å². The fraction of sp³-hybridized carbons (Fsp3) is 0.222. The number of hydrogen-bond acceptors (Lipinski definition) is 7. The van der Waals surface area contributed by atoms with Gasteiger partial charge in [-0.15, -0.1) is 0 Å². The molecule has 152 valence electrons. The number of para-hydroxylation sites is 2. The van der Waals surface area contributed by atoms with E-state index in [2.05, 4.69) is 27.5 Å². The molecule has 1 aliphatic heterocycles. The molecule has 3 amide bonds. The van der Waals surface area contributed by atoms with Crippen LogP contribution in [0, 0.1) is 0 Å². The van der Waals surface area contributed by atoms with Gasteiger partial charge in [0.05, 0.1) is 33.0 Å². The number of thiazole rings is 1. The normalized spacial score (nSPS) is 15.8.